The van der Waals surface area contributed by atoms with E-state index in [1.807, 2.05) is 0 Å². The van der Waals surface area contributed by atoms with Gasteiger partial charge in [-0.3, -0.25) is 4.90 Å². The van der Waals surface area contributed by atoms with Crippen molar-refractivity contribution in [3.63, 3.8) is 0 Å². The van der Waals surface area contributed by atoms with E-state index in [0.29, 0.717) is 6.04 Å². The molecule has 17 heavy (non-hydrogen) atoms. The molecule has 0 aromatic carbocycles. The number of piperidine rings is 1. The second-order valence-electron chi connectivity index (χ2n) is 6.41. The highest BCUT2D eigenvalue weighted by Crippen LogP contribution is 2.38. The molecule has 2 unspecified atom stereocenters. The van der Waals surface area contributed by atoms with E-state index in [1.54, 1.807) is 0 Å². The maximum atomic E-state index is 10.3. The van der Waals surface area contributed by atoms with E-state index in [9.17, 15) is 5.11 Å². The summed E-state index contributed by atoms with van der Waals surface area (Å²) in [5, 5.41) is 10.3. The smallest absolute Gasteiger partial charge is 0.0695 e. The number of nitrogens with zero attached hydrogens (tertiary/aromatic N) is 1. The first-order chi connectivity index (χ1) is 8.36. The lowest BCUT2D eigenvalue weighted by molar-refractivity contribution is -0.0434. The number of aliphatic hydroxyl groups excluding tert-OH is 1. The molecule has 4 atom stereocenters. The third-order valence-electron chi connectivity index (χ3n) is 5.41. The van der Waals surface area contributed by atoms with Crippen LogP contribution >= 0.6 is 0 Å². The molecule has 2 saturated carbocycles. The van der Waals surface area contributed by atoms with Crippen molar-refractivity contribution in [1.29, 1.82) is 0 Å². The molecule has 2 heteroatoms. The number of aliphatic hydroxyl groups is 1. The highest BCUT2D eigenvalue weighted by molar-refractivity contribution is 4.93. The number of hydrogen-bond acceptors (Lipinski definition) is 2. The molecule has 0 bridgehead atoms. The zero-order valence-electron chi connectivity index (χ0n) is 11.0. The highest BCUT2D eigenvalue weighted by Gasteiger charge is 2.39. The summed E-state index contributed by atoms with van der Waals surface area (Å²) in [6.45, 7) is 1.25. The Morgan fingerprint density at radius 3 is 2.18 bits per heavy atom. The molecule has 2 nitrogen and oxygen atoms in total. The topological polar surface area (TPSA) is 23.5 Å². The van der Waals surface area contributed by atoms with E-state index >= 15 is 0 Å². The first-order valence-corrected chi connectivity index (χ1v) is 7.80. The van der Waals surface area contributed by atoms with Gasteiger partial charge in [-0.2, -0.15) is 0 Å². The van der Waals surface area contributed by atoms with Gasteiger partial charge in [-0.15, -0.1) is 0 Å². The number of rotatable bonds is 1. The zero-order chi connectivity index (χ0) is 11.7. The summed E-state index contributed by atoms with van der Waals surface area (Å²) in [7, 11) is 0. The van der Waals surface area contributed by atoms with Crippen LogP contribution in [0.3, 0.4) is 0 Å². The molecule has 3 aliphatic rings. The van der Waals surface area contributed by atoms with Crippen molar-refractivity contribution < 1.29 is 5.11 Å². The SMILES string of the molecule is OC1CCCCC1N1CCC[C@H]2CCCC[C@H]21. The zero-order valence-corrected chi connectivity index (χ0v) is 11.0. The molecule has 2 aliphatic carbocycles. The standard InChI is InChI=1S/C15H27NO/c17-15-10-4-3-9-14(15)16-11-5-7-12-6-1-2-8-13(12)16/h12-15,17H,1-11H2/t12-,13-,14?,15?/m1/s1. The van der Waals surface area contributed by atoms with Crippen molar-refractivity contribution in [3.8, 4) is 0 Å². The molecule has 0 amide bonds. The van der Waals surface area contributed by atoms with Crippen LogP contribution in [0.1, 0.15) is 64.2 Å². The monoisotopic (exact) mass is 237 g/mol. The highest BCUT2D eigenvalue weighted by atomic mass is 16.3. The van der Waals surface area contributed by atoms with Crippen LogP contribution in [-0.4, -0.2) is 34.7 Å². The molecule has 0 aromatic rings. The molecule has 0 aromatic heterocycles. The molecule has 3 rings (SSSR count). The minimum atomic E-state index is -0.0376. The van der Waals surface area contributed by atoms with Gasteiger partial charge >= 0.3 is 0 Å². The van der Waals surface area contributed by atoms with Gasteiger partial charge in [-0.05, 0) is 51.0 Å². The number of fused-ring (bicyclic) bond motifs is 1. The van der Waals surface area contributed by atoms with Gasteiger partial charge in [0.2, 0.25) is 0 Å². The summed E-state index contributed by atoms with van der Waals surface area (Å²) >= 11 is 0. The quantitative estimate of drug-likeness (QED) is 0.758. The molecular weight excluding hydrogens is 210 g/mol. The second-order valence-corrected chi connectivity index (χ2v) is 6.41. The van der Waals surface area contributed by atoms with Crippen LogP contribution in [0.2, 0.25) is 0 Å². The summed E-state index contributed by atoms with van der Waals surface area (Å²) in [5.74, 6) is 0.951. The molecule has 3 fully saturated rings. The Hall–Kier alpha value is -0.0800. The van der Waals surface area contributed by atoms with Crippen LogP contribution in [0.4, 0.5) is 0 Å². The van der Waals surface area contributed by atoms with Gasteiger partial charge in [0.15, 0.2) is 0 Å². The molecule has 1 N–H and O–H groups in total. The molecule has 1 saturated heterocycles. The van der Waals surface area contributed by atoms with Crippen molar-refractivity contribution in [2.45, 2.75) is 82.4 Å². The molecule has 1 heterocycles. The van der Waals surface area contributed by atoms with E-state index < -0.39 is 0 Å². The first kappa shape index (κ1) is 12.0. The van der Waals surface area contributed by atoms with E-state index in [-0.39, 0.29) is 6.10 Å². The Balaban J connectivity index is 1.71. The van der Waals surface area contributed by atoms with Gasteiger partial charge < -0.3 is 5.11 Å². The van der Waals surface area contributed by atoms with Gasteiger partial charge in [0.25, 0.3) is 0 Å². The van der Waals surface area contributed by atoms with Crippen LogP contribution in [0.25, 0.3) is 0 Å². The van der Waals surface area contributed by atoms with Gasteiger partial charge in [-0.25, -0.2) is 0 Å². The number of hydrogen-bond donors (Lipinski definition) is 1. The lowest BCUT2D eigenvalue weighted by Crippen LogP contribution is -2.55. The average Bonchev–Trinajstić information content (AvgIpc) is 2.39. The minimum Gasteiger partial charge on any atom is -0.391 e. The Labute approximate surface area is 105 Å². The molecular formula is C15H27NO. The van der Waals surface area contributed by atoms with Gasteiger partial charge in [0, 0.05) is 12.1 Å². The summed E-state index contributed by atoms with van der Waals surface area (Å²) in [5.41, 5.74) is 0. The Kier molecular flexibility index (Phi) is 3.72. The second kappa shape index (κ2) is 5.27. The van der Waals surface area contributed by atoms with Crippen LogP contribution < -0.4 is 0 Å². The predicted molar refractivity (Wildman–Crippen MR) is 69.9 cm³/mol. The van der Waals surface area contributed by atoms with Crippen LogP contribution in [0, 0.1) is 5.92 Å². The summed E-state index contributed by atoms with van der Waals surface area (Å²) in [6.07, 6.45) is 13.3. The van der Waals surface area contributed by atoms with Gasteiger partial charge in [-0.1, -0.05) is 25.7 Å². The number of likely N-dealkylation sites (tertiary alicyclic amines) is 1. The Morgan fingerprint density at radius 1 is 0.706 bits per heavy atom. The third-order valence-corrected chi connectivity index (χ3v) is 5.41. The Bertz CT molecular complexity index is 247. The Morgan fingerprint density at radius 2 is 1.35 bits per heavy atom. The summed E-state index contributed by atoms with van der Waals surface area (Å²) in [6, 6.07) is 1.31. The largest absolute Gasteiger partial charge is 0.391 e. The first-order valence-electron chi connectivity index (χ1n) is 7.80. The van der Waals surface area contributed by atoms with Crippen molar-refractivity contribution in [2.75, 3.05) is 6.54 Å². The van der Waals surface area contributed by atoms with Crippen molar-refractivity contribution in [3.05, 3.63) is 0 Å². The molecule has 98 valence electrons. The minimum absolute atomic E-state index is 0.0376. The van der Waals surface area contributed by atoms with Crippen LogP contribution in [-0.2, 0) is 0 Å². The fraction of sp³-hybridized carbons (Fsp3) is 1.00. The average molecular weight is 237 g/mol. The van der Waals surface area contributed by atoms with Crippen LogP contribution in [0.15, 0.2) is 0 Å². The summed E-state index contributed by atoms with van der Waals surface area (Å²) < 4.78 is 0. The fourth-order valence-electron chi connectivity index (χ4n) is 4.55. The van der Waals surface area contributed by atoms with E-state index in [0.717, 1.165) is 18.4 Å². The van der Waals surface area contributed by atoms with E-state index in [1.165, 1.54) is 64.3 Å². The molecule has 0 radical (unpaired) electrons. The maximum absolute atomic E-state index is 10.3. The van der Waals surface area contributed by atoms with Crippen molar-refractivity contribution in [1.82, 2.24) is 4.90 Å². The predicted octanol–water partition coefficient (Wildman–Crippen LogP) is 2.94. The van der Waals surface area contributed by atoms with Crippen LogP contribution in [0.5, 0.6) is 0 Å². The summed E-state index contributed by atoms with van der Waals surface area (Å²) in [4.78, 5) is 2.72. The maximum Gasteiger partial charge on any atom is 0.0695 e. The normalized spacial score (nSPS) is 44.3. The van der Waals surface area contributed by atoms with Crippen molar-refractivity contribution in [2.24, 2.45) is 5.92 Å². The van der Waals surface area contributed by atoms with E-state index in [4.69, 9.17) is 0 Å². The van der Waals surface area contributed by atoms with Gasteiger partial charge in [0.1, 0.15) is 0 Å². The third kappa shape index (κ3) is 2.39. The lowest BCUT2D eigenvalue weighted by Gasteiger charge is -2.49. The molecule has 0 spiro atoms. The van der Waals surface area contributed by atoms with Gasteiger partial charge in [0.05, 0.1) is 6.10 Å². The van der Waals surface area contributed by atoms with E-state index in [2.05, 4.69) is 4.90 Å². The fourth-order valence-corrected chi connectivity index (χ4v) is 4.55. The van der Waals surface area contributed by atoms with Crippen molar-refractivity contribution >= 4 is 0 Å². The lowest BCUT2D eigenvalue weighted by atomic mass is 9.76. The molecule has 1 aliphatic heterocycles.